The van der Waals surface area contributed by atoms with Gasteiger partial charge in [0.15, 0.2) is 11.5 Å². The van der Waals surface area contributed by atoms with Gasteiger partial charge in [0.05, 0.1) is 19.3 Å². The molecule has 0 amide bonds. The Morgan fingerprint density at radius 3 is 2.38 bits per heavy atom. The van der Waals surface area contributed by atoms with Crippen LogP contribution in [0.25, 0.3) is 0 Å². The van der Waals surface area contributed by atoms with Gasteiger partial charge in [-0.15, -0.1) is 0 Å². The quantitative estimate of drug-likeness (QED) is 0.0989. The van der Waals surface area contributed by atoms with Crippen LogP contribution >= 0.6 is 0 Å². The minimum absolute atomic E-state index is 0.0336. The first kappa shape index (κ1) is 35.6. The molecule has 292 valence electrons. The predicted molar refractivity (Wildman–Crippen MR) is 199 cm³/mol. The number of carbonyl (C=O) groups excluding carboxylic acids is 1. The van der Waals surface area contributed by atoms with E-state index >= 15 is 0 Å². The number of aromatic hydroxyl groups is 5. The molecule has 5 heterocycles. The van der Waals surface area contributed by atoms with Gasteiger partial charge in [0, 0.05) is 63.8 Å². The molecular formula is C43H42O13. The Hall–Kier alpha value is -6.11. The maximum absolute atomic E-state index is 12.1. The average Bonchev–Trinajstić information content (AvgIpc) is 3.72. The Labute approximate surface area is 322 Å². The fourth-order valence-corrected chi connectivity index (χ4v) is 9.52. The molecule has 13 nitrogen and oxygen atoms in total. The van der Waals surface area contributed by atoms with E-state index in [4.69, 9.17) is 33.2 Å². The fraction of sp³-hybridized carbons (Fsp3) is 0.372. The third-order valence-electron chi connectivity index (χ3n) is 12.2. The standard InChI is InChI=1S/C43H42O13/c1-6-21-16-24-35-32(52-21)14-20(44)15-33(35)56-43(24,4)37-28(48)18-26(46)34-23(11-12-51-39(34)37)42(2,3)36-27(47)17-25(45)22-8-10-29(53-38(22)36)19-7-9-30-31(13-19)55-41(54-30)40(49)50-5/h6-7,9,13-15,17-18,21,23-24,29,41,44-48H,1,8,10-12,16H2,2-5H3. The van der Waals surface area contributed by atoms with Gasteiger partial charge < -0.3 is 58.7 Å². The summed E-state index contributed by atoms with van der Waals surface area (Å²) in [7, 11) is 1.25. The Kier molecular flexibility index (Phi) is 7.91. The van der Waals surface area contributed by atoms with Gasteiger partial charge in [0.25, 0.3) is 0 Å². The Bertz CT molecular complexity index is 2330. The Morgan fingerprint density at radius 2 is 1.61 bits per heavy atom. The van der Waals surface area contributed by atoms with Crippen LogP contribution in [0.5, 0.6) is 63.2 Å². The second kappa shape index (κ2) is 12.5. The Balaban J connectivity index is 1.12. The lowest BCUT2D eigenvalue weighted by atomic mass is 9.65. The molecule has 0 spiro atoms. The lowest BCUT2D eigenvalue weighted by molar-refractivity contribution is -0.158. The van der Waals surface area contributed by atoms with E-state index in [0.717, 1.165) is 11.1 Å². The van der Waals surface area contributed by atoms with E-state index in [9.17, 15) is 30.3 Å². The highest BCUT2D eigenvalue weighted by Gasteiger charge is 2.55. The van der Waals surface area contributed by atoms with E-state index in [1.807, 2.05) is 26.8 Å². The first-order chi connectivity index (χ1) is 26.7. The zero-order valence-corrected chi connectivity index (χ0v) is 31.3. The van der Waals surface area contributed by atoms with E-state index in [1.165, 1.54) is 25.3 Å². The smallest absolute Gasteiger partial charge is 0.389 e. The summed E-state index contributed by atoms with van der Waals surface area (Å²) < 4.78 is 41.9. The van der Waals surface area contributed by atoms with Gasteiger partial charge in [-0.3, -0.25) is 0 Å². The second-order valence-corrected chi connectivity index (χ2v) is 15.7. The largest absolute Gasteiger partial charge is 0.508 e. The summed E-state index contributed by atoms with van der Waals surface area (Å²) >= 11 is 0. The normalized spacial score (nSPS) is 25.3. The first-order valence-electron chi connectivity index (χ1n) is 18.6. The number of hydrogen-bond acceptors (Lipinski definition) is 13. The fourth-order valence-electron chi connectivity index (χ4n) is 9.52. The lowest BCUT2D eigenvalue weighted by Crippen LogP contribution is -2.38. The summed E-state index contributed by atoms with van der Waals surface area (Å²) in [5.74, 6) is -0.0199. The lowest BCUT2D eigenvalue weighted by Gasteiger charge is -2.43. The second-order valence-electron chi connectivity index (χ2n) is 15.7. The van der Waals surface area contributed by atoms with Crippen LogP contribution in [-0.2, 0) is 27.0 Å². The van der Waals surface area contributed by atoms with Gasteiger partial charge in [0.2, 0.25) is 0 Å². The number of fused-ring (bicyclic) bond motifs is 3. The molecule has 5 aliphatic rings. The molecule has 0 fully saturated rings. The number of carbonyl (C=O) groups is 1. The molecule has 5 N–H and O–H groups in total. The summed E-state index contributed by atoms with van der Waals surface area (Å²) in [6.45, 7) is 9.89. The van der Waals surface area contributed by atoms with Crippen LogP contribution in [0.4, 0.5) is 0 Å². The third kappa shape index (κ3) is 5.16. The highest BCUT2D eigenvalue weighted by Crippen LogP contribution is 2.64. The van der Waals surface area contributed by atoms with Gasteiger partial charge >= 0.3 is 12.3 Å². The van der Waals surface area contributed by atoms with Crippen molar-refractivity contribution >= 4 is 5.97 Å². The number of phenols is 5. The van der Waals surface area contributed by atoms with Crippen molar-refractivity contribution in [3.63, 3.8) is 0 Å². The number of hydrogen-bond donors (Lipinski definition) is 5. The molecule has 4 aromatic carbocycles. The van der Waals surface area contributed by atoms with Crippen molar-refractivity contribution in [2.45, 2.75) is 87.8 Å². The highest BCUT2D eigenvalue weighted by molar-refractivity contribution is 5.75. The zero-order valence-electron chi connectivity index (χ0n) is 31.3. The van der Waals surface area contributed by atoms with Crippen LogP contribution in [0.15, 0.2) is 55.1 Å². The van der Waals surface area contributed by atoms with Gasteiger partial charge in [0.1, 0.15) is 69.6 Å². The molecule has 0 aromatic heterocycles. The molecule has 9 rings (SSSR count). The van der Waals surface area contributed by atoms with Crippen molar-refractivity contribution in [1.29, 1.82) is 0 Å². The molecule has 6 atom stereocenters. The summed E-state index contributed by atoms with van der Waals surface area (Å²) in [6.07, 6.45) is 1.37. The number of phenolic OH excluding ortho intramolecular Hbond substituents is 5. The molecule has 6 unspecified atom stereocenters. The summed E-state index contributed by atoms with van der Waals surface area (Å²) in [4.78, 5) is 12.1. The van der Waals surface area contributed by atoms with E-state index < -0.39 is 41.4 Å². The monoisotopic (exact) mass is 766 g/mol. The van der Waals surface area contributed by atoms with Crippen molar-refractivity contribution in [3.05, 3.63) is 88.5 Å². The minimum Gasteiger partial charge on any atom is -0.508 e. The van der Waals surface area contributed by atoms with Gasteiger partial charge in [-0.05, 0) is 50.3 Å². The van der Waals surface area contributed by atoms with Crippen LogP contribution in [0, 0.1) is 0 Å². The highest BCUT2D eigenvalue weighted by atomic mass is 16.7. The van der Waals surface area contributed by atoms with Gasteiger partial charge in [-0.1, -0.05) is 32.6 Å². The molecule has 56 heavy (non-hydrogen) atoms. The molecule has 0 saturated carbocycles. The van der Waals surface area contributed by atoms with Crippen LogP contribution < -0.4 is 28.4 Å². The van der Waals surface area contributed by atoms with Crippen molar-refractivity contribution in [3.8, 4) is 63.2 Å². The average molecular weight is 767 g/mol. The molecule has 13 heteroatoms. The van der Waals surface area contributed by atoms with Crippen LogP contribution in [0.2, 0.25) is 0 Å². The van der Waals surface area contributed by atoms with Crippen molar-refractivity contribution < 1.29 is 63.5 Å². The van der Waals surface area contributed by atoms with E-state index in [1.54, 1.807) is 24.3 Å². The van der Waals surface area contributed by atoms with Gasteiger partial charge in [-0.2, -0.15) is 0 Å². The molecule has 0 aliphatic carbocycles. The summed E-state index contributed by atoms with van der Waals surface area (Å²) in [5, 5.41) is 56.7. The SMILES string of the molecule is C=CC1CC2c3c(cc(O)cc3OC2(C)c2c(O)cc(O)c3c2OCCC3C(C)(C)c2c(O)cc(O)c3c2OC(c2ccc4c(c2)OC(C(=O)OC)O4)CC3)O1. The molecule has 0 bridgehead atoms. The maximum Gasteiger partial charge on any atom is 0.389 e. The van der Waals surface area contributed by atoms with Crippen molar-refractivity contribution in [2.75, 3.05) is 13.7 Å². The zero-order chi connectivity index (χ0) is 39.4. The van der Waals surface area contributed by atoms with E-state index in [0.29, 0.717) is 76.7 Å². The first-order valence-corrected chi connectivity index (χ1v) is 18.6. The topological polar surface area (TPSA) is 183 Å². The predicted octanol–water partition coefficient (Wildman–Crippen LogP) is 7.12. The Morgan fingerprint density at radius 1 is 0.857 bits per heavy atom. The van der Waals surface area contributed by atoms with E-state index in [-0.39, 0.29) is 47.0 Å². The minimum atomic E-state index is -1.22. The van der Waals surface area contributed by atoms with Gasteiger partial charge in [-0.25, -0.2) is 4.79 Å². The summed E-state index contributed by atoms with van der Waals surface area (Å²) in [6, 6.07) is 11.0. The summed E-state index contributed by atoms with van der Waals surface area (Å²) in [5.41, 5.74) is 1.04. The number of benzene rings is 4. The number of rotatable bonds is 6. The maximum atomic E-state index is 12.1. The van der Waals surface area contributed by atoms with Crippen LogP contribution in [-0.4, -0.2) is 57.6 Å². The molecule has 0 radical (unpaired) electrons. The molecular weight excluding hydrogens is 724 g/mol. The van der Waals surface area contributed by atoms with Crippen molar-refractivity contribution in [1.82, 2.24) is 0 Å². The molecule has 5 aliphatic heterocycles. The molecule has 4 aromatic rings. The number of ether oxygens (including phenoxy) is 7. The van der Waals surface area contributed by atoms with Crippen LogP contribution in [0.1, 0.15) is 91.4 Å². The number of methoxy groups -OCH3 is 1. The van der Waals surface area contributed by atoms with E-state index in [2.05, 4.69) is 6.58 Å². The van der Waals surface area contributed by atoms with Crippen molar-refractivity contribution in [2.24, 2.45) is 0 Å². The van der Waals surface area contributed by atoms with Crippen LogP contribution in [0.3, 0.4) is 0 Å². The number of esters is 1. The molecule has 0 saturated heterocycles. The third-order valence-corrected chi connectivity index (χ3v) is 12.2.